The van der Waals surface area contributed by atoms with Gasteiger partial charge in [0.05, 0.1) is 10.8 Å². The Kier molecular flexibility index (Phi) is 4.42. The van der Waals surface area contributed by atoms with E-state index in [1.807, 2.05) is 0 Å². The number of nitro benzene ring substituents is 1. The average molecular weight is 316 g/mol. The van der Waals surface area contributed by atoms with Crippen molar-refractivity contribution >= 4 is 28.9 Å². The maximum absolute atomic E-state index is 13.8. The standard InChI is InChI=1S/C13H8Cl2FNO3/c14-7-8-2-1-3-10(16)13(8)20-12-5-4-9(15)6-11(12)17(18)19/h1-6H,7H2. The molecule has 0 heterocycles. The number of nitro groups is 1. The molecular formula is C13H8Cl2FNO3. The number of rotatable bonds is 4. The minimum Gasteiger partial charge on any atom is -0.447 e. The zero-order valence-corrected chi connectivity index (χ0v) is 11.5. The van der Waals surface area contributed by atoms with Gasteiger partial charge in [-0.2, -0.15) is 0 Å². The van der Waals surface area contributed by atoms with E-state index < -0.39 is 10.7 Å². The Hall–Kier alpha value is -1.85. The van der Waals surface area contributed by atoms with Crippen molar-refractivity contribution in [1.82, 2.24) is 0 Å². The molecule has 7 heteroatoms. The van der Waals surface area contributed by atoms with Crippen LogP contribution in [0.25, 0.3) is 0 Å². The number of para-hydroxylation sites is 1. The van der Waals surface area contributed by atoms with E-state index in [1.165, 1.54) is 24.3 Å². The fourth-order valence-corrected chi connectivity index (χ4v) is 1.98. The van der Waals surface area contributed by atoms with Crippen molar-refractivity contribution in [2.45, 2.75) is 5.88 Å². The molecule has 104 valence electrons. The highest BCUT2D eigenvalue weighted by Gasteiger charge is 2.19. The lowest BCUT2D eigenvalue weighted by atomic mass is 10.2. The van der Waals surface area contributed by atoms with E-state index in [4.69, 9.17) is 27.9 Å². The molecule has 0 aliphatic carbocycles. The molecular weight excluding hydrogens is 308 g/mol. The lowest BCUT2D eigenvalue weighted by molar-refractivity contribution is -0.385. The first-order chi connectivity index (χ1) is 9.52. The van der Waals surface area contributed by atoms with Gasteiger partial charge in [-0.25, -0.2) is 4.39 Å². The van der Waals surface area contributed by atoms with E-state index in [0.717, 1.165) is 6.07 Å². The maximum atomic E-state index is 13.8. The van der Waals surface area contributed by atoms with Gasteiger partial charge in [0.2, 0.25) is 5.75 Å². The van der Waals surface area contributed by atoms with Crippen LogP contribution in [0.1, 0.15) is 5.56 Å². The Morgan fingerprint density at radius 3 is 2.70 bits per heavy atom. The average Bonchev–Trinajstić information content (AvgIpc) is 2.42. The molecule has 0 spiro atoms. The van der Waals surface area contributed by atoms with Crippen LogP contribution in [0.2, 0.25) is 5.02 Å². The van der Waals surface area contributed by atoms with Crippen molar-refractivity contribution in [3.63, 3.8) is 0 Å². The molecule has 2 aromatic rings. The highest BCUT2D eigenvalue weighted by molar-refractivity contribution is 6.30. The predicted molar refractivity (Wildman–Crippen MR) is 74.1 cm³/mol. The molecule has 0 aromatic heterocycles. The monoisotopic (exact) mass is 315 g/mol. The van der Waals surface area contributed by atoms with Crippen LogP contribution in [0.15, 0.2) is 36.4 Å². The lowest BCUT2D eigenvalue weighted by Gasteiger charge is -2.10. The van der Waals surface area contributed by atoms with Crippen LogP contribution < -0.4 is 4.74 Å². The summed E-state index contributed by atoms with van der Waals surface area (Å²) < 4.78 is 19.1. The highest BCUT2D eigenvalue weighted by atomic mass is 35.5. The summed E-state index contributed by atoms with van der Waals surface area (Å²) in [5.41, 5.74) is 0.0530. The number of hydrogen-bond acceptors (Lipinski definition) is 3. The van der Waals surface area contributed by atoms with E-state index in [-0.39, 0.29) is 28.1 Å². The second-order valence-electron chi connectivity index (χ2n) is 3.83. The van der Waals surface area contributed by atoms with Gasteiger partial charge >= 0.3 is 5.69 Å². The molecule has 0 atom stereocenters. The normalized spacial score (nSPS) is 10.3. The zero-order valence-electron chi connectivity index (χ0n) is 9.98. The summed E-state index contributed by atoms with van der Waals surface area (Å²) in [6.07, 6.45) is 0. The van der Waals surface area contributed by atoms with Crippen LogP contribution in [0.5, 0.6) is 11.5 Å². The summed E-state index contributed by atoms with van der Waals surface area (Å²) in [7, 11) is 0. The molecule has 0 radical (unpaired) electrons. The predicted octanol–water partition coefficient (Wildman–Crippen LogP) is 4.92. The van der Waals surface area contributed by atoms with Crippen molar-refractivity contribution in [3.05, 3.63) is 62.9 Å². The van der Waals surface area contributed by atoms with Crippen LogP contribution in [-0.2, 0) is 5.88 Å². The fraction of sp³-hybridized carbons (Fsp3) is 0.0769. The van der Waals surface area contributed by atoms with Gasteiger partial charge in [-0.05, 0) is 18.2 Å². The summed E-state index contributed by atoms with van der Waals surface area (Å²) in [4.78, 5) is 10.3. The molecule has 0 unspecified atom stereocenters. The minimum absolute atomic E-state index is 0.0223. The van der Waals surface area contributed by atoms with Gasteiger partial charge in [-0.1, -0.05) is 23.7 Å². The summed E-state index contributed by atoms with van der Waals surface area (Å²) in [5.74, 6) is -0.856. The van der Waals surface area contributed by atoms with Crippen LogP contribution in [0.3, 0.4) is 0 Å². The number of nitrogens with zero attached hydrogens (tertiary/aromatic N) is 1. The van der Waals surface area contributed by atoms with Gasteiger partial charge in [-0.15, -0.1) is 11.6 Å². The van der Waals surface area contributed by atoms with Gasteiger partial charge in [0, 0.05) is 16.7 Å². The summed E-state index contributed by atoms with van der Waals surface area (Å²) in [6, 6.07) is 8.12. The molecule has 0 aliphatic rings. The fourth-order valence-electron chi connectivity index (χ4n) is 1.60. The topological polar surface area (TPSA) is 52.4 Å². The summed E-state index contributed by atoms with van der Waals surface area (Å²) >= 11 is 11.4. The van der Waals surface area contributed by atoms with Crippen LogP contribution in [0.4, 0.5) is 10.1 Å². The SMILES string of the molecule is O=[N+]([O-])c1cc(Cl)ccc1Oc1c(F)cccc1CCl. The third-order valence-electron chi connectivity index (χ3n) is 2.52. The van der Waals surface area contributed by atoms with Gasteiger partial charge in [-0.3, -0.25) is 10.1 Å². The molecule has 0 aliphatic heterocycles. The number of ether oxygens (including phenoxy) is 1. The first-order valence-corrected chi connectivity index (χ1v) is 6.39. The first-order valence-electron chi connectivity index (χ1n) is 5.48. The van der Waals surface area contributed by atoms with E-state index in [0.29, 0.717) is 5.56 Å². The van der Waals surface area contributed by atoms with Crippen molar-refractivity contribution in [2.75, 3.05) is 0 Å². The zero-order chi connectivity index (χ0) is 14.7. The molecule has 0 bridgehead atoms. The summed E-state index contributed by atoms with van der Waals surface area (Å²) in [6.45, 7) is 0. The van der Waals surface area contributed by atoms with E-state index in [2.05, 4.69) is 0 Å². The van der Waals surface area contributed by atoms with Crippen molar-refractivity contribution in [3.8, 4) is 11.5 Å². The Morgan fingerprint density at radius 2 is 2.05 bits per heavy atom. The third kappa shape index (κ3) is 3.00. The highest BCUT2D eigenvalue weighted by Crippen LogP contribution is 2.36. The molecule has 4 nitrogen and oxygen atoms in total. The van der Waals surface area contributed by atoms with Gasteiger partial charge in [0.1, 0.15) is 0 Å². The molecule has 0 N–H and O–H groups in total. The van der Waals surface area contributed by atoms with E-state index in [9.17, 15) is 14.5 Å². The Balaban J connectivity index is 2.48. The largest absolute Gasteiger partial charge is 0.447 e. The van der Waals surface area contributed by atoms with Gasteiger partial charge in [0.15, 0.2) is 11.6 Å². The minimum atomic E-state index is -0.650. The lowest BCUT2D eigenvalue weighted by Crippen LogP contribution is -1.97. The number of alkyl halides is 1. The molecule has 20 heavy (non-hydrogen) atoms. The maximum Gasteiger partial charge on any atom is 0.313 e. The van der Waals surface area contributed by atoms with Crippen LogP contribution in [0, 0.1) is 15.9 Å². The van der Waals surface area contributed by atoms with Crippen LogP contribution >= 0.6 is 23.2 Å². The van der Waals surface area contributed by atoms with Gasteiger partial charge < -0.3 is 4.74 Å². The second kappa shape index (κ2) is 6.07. The second-order valence-corrected chi connectivity index (χ2v) is 4.54. The smallest absolute Gasteiger partial charge is 0.313 e. The third-order valence-corrected chi connectivity index (χ3v) is 3.05. The molecule has 0 saturated carbocycles. The molecule has 2 aromatic carbocycles. The van der Waals surface area contributed by atoms with E-state index >= 15 is 0 Å². The first kappa shape index (κ1) is 14.6. The van der Waals surface area contributed by atoms with Gasteiger partial charge in [0.25, 0.3) is 0 Å². The number of benzene rings is 2. The van der Waals surface area contributed by atoms with Crippen molar-refractivity contribution in [2.24, 2.45) is 0 Å². The Labute approximate surface area is 123 Å². The molecule has 0 saturated heterocycles. The molecule has 2 rings (SSSR count). The Bertz CT molecular complexity index is 664. The summed E-state index contributed by atoms with van der Waals surface area (Å²) in [5, 5.41) is 11.1. The Morgan fingerprint density at radius 1 is 1.30 bits per heavy atom. The number of halogens is 3. The number of hydrogen-bond donors (Lipinski definition) is 0. The van der Waals surface area contributed by atoms with Crippen molar-refractivity contribution < 1.29 is 14.1 Å². The van der Waals surface area contributed by atoms with E-state index in [1.54, 1.807) is 6.07 Å². The van der Waals surface area contributed by atoms with Crippen LogP contribution in [-0.4, -0.2) is 4.92 Å². The molecule has 0 amide bonds. The molecule has 0 fully saturated rings. The van der Waals surface area contributed by atoms with Crippen molar-refractivity contribution in [1.29, 1.82) is 0 Å². The quantitative estimate of drug-likeness (QED) is 0.457.